The Morgan fingerprint density at radius 2 is 1.85 bits per heavy atom. The topological polar surface area (TPSA) is 40.6 Å². The van der Waals surface area contributed by atoms with Gasteiger partial charge in [0.15, 0.2) is 0 Å². The molecule has 1 aliphatic heterocycles. The van der Waals surface area contributed by atoms with E-state index in [9.17, 15) is 8.42 Å². The Morgan fingerprint density at radius 3 is 2.35 bits per heavy atom. The normalized spacial score (nSPS) is 20.7. The Balaban J connectivity index is 2.04. The number of likely N-dealkylation sites (N-methyl/N-ethyl adjacent to an activating group) is 1. The molecule has 2 rings (SSSR count). The Kier molecular flexibility index (Phi) is 5.07. The van der Waals surface area contributed by atoms with Crippen LogP contribution in [-0.4, -0.2) is 50.8 Å². The summed E-state index contributed by atoms with van der Waals surface area (Å²) in [6, 6.07) is 7.77. The first-order valence-electron chi connectivity index (χ1n) is 6.70. The van der Waals surface area contributed by atoms with Crippen LogP contribution in [0.3, 0.4) is 0 Å². The van der Waals surface area contributed by atoms with Crippen LogP contribution >= 0.6 is 11.6 Å². The summed E-state index contributed by atoms with van der Waals surface area (Å²) in [5, 5.41) is 0. The lowest BCUT2D eigenvalue weighted by molar-refractivity contribution is 0.302. The standard InChI is InChI=1S/C14H21ClN2O2S/c1-16(2)14-7-8-17(10-14)20(18,19)11-13-5-3-12(9-15)4-6-13/h3-6,14H,7-11H2,1-2H3. The van der Waals surface area contributed by atoms with Crippen LogP contribution in [0, 0.1) is 0 Å². The van der Waals surface area contributed by atoms with Crippen LogP contribution < -0.4 is 0 Å². The van der Waals surface area contributed by atoms with E-state index >= 15 is 0 Å². The highest BCUT2D eigenvalue weighted by atomic mass is 35.5. The second-order valence-corrected chi connectivity index (χ2v) is 7.71. The molecule has 1 heterocycles. The number of hydrogen-bond donors (Lipinski definition) is 0. The largest absolute Gasteiger partial charge is 0.305 e. The predicted molar refractivity (Wildman–Crippen MR) is 82.3 cm³/mol. The van der Waals surface area contributed by atoms with Crippen LogP contribution in [0.15, 0.2) is 24.3 Å². The lowest BCUT2D eigenvalue weighted by atomic mass is 10.2. The van der Waals surface area contributed by atoms with Crippen LogP contribution in [0.25, 0.3) is 0 Å². The average molecular weight is 317 g/mol. The van der Waals surface area contributed by atoms with Crippen LogP contribution in [0.1, 0.15) is 17.5 Å². The molecule has 1 fully saturated rings. The molecule has 112 valence electrons. The zero-order chi connectivity index (χ0) is 14.8. The summed E-state index contributed by atoms with van der Waals surface area (Å²) in [7, 11) is 0.758. The van der Waals surface area contributed by atoms with E-state index in [0.717, 1.165) is 17.5 Å². The van der Waals surface area contributed by atoms with Crippen molar-refractivity contribution in [2.45, 2.75) is 24.1 Å². The van der Waals surface area contributed by atoms with Crippen molar-refractivity contribution in [3.63, 3.8) is 0 Å². The summed E-state index contributed by atoms with van der Waals surface area (Å²) in [5.41, 5.74) is 1.81. The third-order valence-corrected chi connectivity index (χ3v) is 5.90. The van der Waals surface area contributed by atoms with E-state index in [1.165, 1.54) is 0 Å². The van der Waals surface area contributed by atoms with Gasteiger partial charge in [-0.1, -0.05) is 24.3 Å². The summed E-state index contributed by atoms with van der Waals surface area (Å²) >= 11 is 5.73. The van der Waals surface area contributed by atoms with Crippen LogP contribution in [0.5, 0.6) is 0 Å². The van der Waals surface area contributed by atoms with Gasteiger partial charge in [0, 0.05) is 25.0 Å². The lowest BCUT2D eigenvalue weighted by Gasteiger charge is -2.20. The molecule has 0 spiro atoms. The number of nitrogens with zero attached hydrogens (tertiary/aromatic N) is 2. The van der Waals surface area contributed by atoms with Gasteiger partial charge in [-0.25, -0.2) is 12.7 Å². The van der Waals surface area contributed by atoms with E-state index < -0.39 is 10.0 Å². The van der Waals surface area contributed by atoms with Gasteiger partial charge in [-0.2, -0.15) is 0 Å². The molecular formula is C14H21ClN2O2S. The van der Waals surface area contributed by atoms with E-state index in [-0.39, 0.29) is 5.75 Å². The van der Waals surface area contributed by atoms with Crippen molar-refractivity contribution in [3.8, 4) is 0 Å². The molecule has 1 atom stereocenters. The SMILES string of the molecule is CN(C)C1CCN(S(=O)(=O)Cc2ccc(CCl)cc2)C1. The molecule has 1 aliphatic rings. The van der Waals surface area contributed by atoms with E-state index in [4.69, 9.17) is 11.6 Å². The third kappa shape index (κ3) is 3.73. The van der Waals surface area contributed by atoms with Gasteiger partial charge < -0.3 is 4.90 Å². The van der Waals surface area contributed by atoms with Gasteiger partial charge >= 0.3 is 0 Å². The molecule has 0 bridgehead atoms. The van der Waals surface area contributed by atoms with Gasteiger partial charge in [-0.05, 0) is 31.6 Å². The fourth-order valence-corrected chi connectivity index (χ4v) is 4.17. The monoisotopic (exact) mass is 316 g/mol. The lowest BCUT2D eigenvalue weighted by Crippen LogP contribution is -2.35. The van der Waals surface area contributed by atoms with Crippen LogP contribution in [0.4, 0.5) is 0 Å². The molecule has 1 saturated heterocycles. The number of alkyl halides is 1. The molecule has 0 aromatic heterocycles. The maximum absolute atomic E-state index is 12.4. The molecule has 0 radical (unpaired) electrons. The van der Waals surface area contributed by atoms with E-state index in [0.29, 0.717) is 25.0 Å². The summed E-state index contributed by atoms with van der Waals surface area (Å²) in [5.74, 6) is 0.513. The fourth-order valence-electron chi connectivity index (χ4n) is 2.41. The van der Waals surface area contributed by atoms with Crippen molar-refractivity contribution < 1.29 is 8.42 Å². The molecule has 0 aliphatic carbocycles. The van der Waals surface area contributed by atoms with E-state index in [1.54, 1.807) is 4.31 Å². The summed E-state index contributed by atoms with van der Waals surface area (Å²) in [6.45, 7) is 1.21. The molecule has 1 aromatic carbocycles. The van der Waals surface area contributed by atoms with Crippen molar-refractivity contribution in [2.75, 3.05) is 27.2 Å². The molecule has 6 heteroatoms. The maximum Gasteiger partial charge on any atom is 0.218 e. The van der Waals surface area contributed by atoms with Gasteiger partial charge in [0.1, 0.15) is 0 Å². The van der Waals surface area contributed by atoms with Gasteiger partial charge in [0.25, 0.3) is 0 Å². The van der Waals surface area contributed by atoms with Crippen molar-refractivity contribution >= 4 is 21.6 Å². The van der Waals surface area contributed by atoms with Gasteiger partial charge in [0.2, 0.25) is 10.0 Å². The van der Waals surface area contributed by atoms with Gasteiger partial charge in [-0.3, -0.25) is 0 Å². The zero-order valence-corrected chi connectivity index (χ0v) is 13.5. The Hall–Kier alpha value is -0.620. The summed E-state index contributed by atoms with van der Waals surface area (Å²) in [6.07, 6.45) is 0.900. The fraction of sp³-hybridized carbons (Fsp3) is 0.571. The molecule has 20 heavy (non-hydrogen) atoms. The Bertz CT molecular complexity index is 543. The molecular weight excluding hydrogens is 296 g/mol. The number of benzene rings is 1. The molecule has 0 amide bonds. The highest BCUT2D eigenvalue weighted by molar-refractivity contribution is 7.88. The number of halogens is 1. The summed E-state index contributed by atoms with van der Waals surface area (Å²) in [4.78, 5) is 2.09. The van der Waals surface area contributed by atoms with E-state index in [1.807, 2.05) is 38.4 Å². The van der Waals surface area contributed by atoms with Crippen LogP contribution in [-0.2, 0) is 21.7 Å². The van der Waals surface area contributed by atoms with Crippen molar-refractivity contribution in [1.29, 1.82) is 0 Å². The quantitative estimate of drug-likeness (QED) is 0.779. The second-order valence-electron chi connectivity index (χ2n) is 5.47. The minimum atomic E-state index is -3.23. The molecule has 0 N–H and O–H groups in total. The summed E-state index contributed by atoms with van der Waals surface area (Å²) < 4.78 is 26.4. The van der Waals surface area contributed by atoms with Crippen molar-refractivity contribution in [1.82, 2.24) is 9.21 Å². The molecule has 1 unspecified atom stereocenters. The van der Waals surface area contributed by atoms with Gasteiger partial charge in [-0.15, -0.1) is 11.6 Å². The van der Waals surface area contributed by atoms with Crippen molar-refractivity contribution in [3.05, 3.63) is 35.4 Å². The van der Waals surface area contributed by atoms with E-state index in [2.05, 4.69) is 4.90 Å². The third-order valence-electron chi connectivity index (χ3n) is 3.78. The highest BCUT2D eigenvalue weighted by Crippen LogP contribution is 2.20. The Morgan fingerprint density at radius 1 is 1.25 bits per heavy atom. The number of hydrogen-bond acceptors (Lipinski definition) is 3. The number of rotatable bonds is 5. The predicted octanol–water partition coefficient (Wildman–Crippen LogP) is 1.89. The first-order chi connectivity index (χ1) is 9.42. The first-order valence-corrected chi connectivity index (χ1v) is 8.85. The number of sulfonamides is 1. The minimum Gasteiger partial charge on any atom is -0.305 e. The molecule has 0 saturated carbocycles. The Labute approximate surface area is 126 Å². The van der Waals surface area contributed by atoms with Crippen molar-refractivity contribution in [2.24, 2.45) is 0 Å². The van der Waals surface area contributed by atoms with Gasteiger partial charge in [0.05, 0.1) is 5.75 Å². The highest BCUT2D eigenvalue weighted by Gasteiger charge is 2.32. The first kappa shape index (κ1) is 15.8. The average Bonchev–Trinajstić information content (AvgIpc) is 2.90. The van der Waals surface area contributed by atoms with Crippen LogP contribution in [0.2, 0.25) is 0 Å². The smallest absolute Gasteiger partial charge is 0.218 e. The molecule has 1 aromatic rings. The zero-order valence-electron chi connectivity index (χ0n) is 11.9. The second kappa shape index (κ2) is 6.43. The molecule has 4 nitrogen and oxygen atoms in total. The minimum absolute atomic E-state index is 0.0652. The maximum atomic E-state index is 12.4.